The number of amides is 1. The lowest BCUT2D eigenvalue weighted by Gasteiger charge is -2.28. The summed E-state index contributed by atoms with van der Waals surface area (Å²) in [6, 6.07) is 19.2. The van der Waals surface area contributed by atoms with E-state index in [-0.39, 0.29) is 12.5 Å². The Labute approximate surface area is 178 Å². The minimum absolute atomic E-state index is 0.0152. The lowest BCUT2D eigenvalue weighted by atomic mass is 10.0. The third-order valence-electron chi connectivity index (χ3n) is 5.82. The van der Waals surface area contributed by atoms with Crippen LogP contribution in [0, 0.1) is 0 Å². The molecule has 1 aromatic heterocycles. The molecule has 0 radical (unpaired) electrons. The van der Waals surface area contributed by atoms with Crippen molar-refractivity contribution in [3.63, 3.8) is 0 Å². The molecule has 0 aliphatic carbocycles. The second-order valence-electron chi connectivity index (χ2n) is 7.54. The number of para-hydroxylation sites is 1. The van der Waals surface area contributed by atoms with Gasteiger partial charge in [0.05, 0.1) is 10.5 Å². The van der Waals surface area contributed by atoms with E-state index in [0.29, 0.717) is 30.1 Å². The SMILES string of the molecule is O=C(O)Cn1c2c(c3cccc(Cl)c31)CN(C(=O)c1cccc3ccccc13)CC2. The van der Waals surface area contributed by atoms with Gasteiger partial charge in [0.1, 0.15) is 6.54 Å². The number of rotatable bonds is 3. The first-order chi connectivity index (χ1) is 14.5. The molecule has 0 unspecified atom stereocenters. The van der Waals surface area contributed by atoms with Gasteiger partial charge in [-0.05, 0) is 22.9 Å². The highest BCUT2D eigenvalue weighted by Crippen LogP contribution is 2.35. The first-order valence-electron chi connectivity index (χ1n) is 9.82. The molecule has 3 aromatic carbocycles. The number of carbonyl (C=O) groups excluding carboxylic acids is 1. The van der Waals surface area contributed by atoms with E-state index in [1.807, 2.05) is 59.5 Å². The van der Waals surface area contributed by atoms with Crippen molar-refractivity contribution in [2.45, 2.75) is 19.5 Å². The van der Waals surface area contributed by atoms with E-state index in [1.54, 1.807) is 10.6 Å². The van der Waals surface area contributed by atoms with Crippen molar-refractivity contribution >= 4 is 45.2 Å². The zero-order valence-electron chi connectivity index (χ0n) is 16.1. The Morgan fingerprint density at radius 1 is 0.967 bits per heavy atom. The van der Waals surface area contributed by atoms with Gasteiger partial charge in [-0.25, -0.2) is 0 Å². The molecule has 4 aromatic rings. The van der Waals surface area contributed by atoms with Gasteiger partial charge in [0.2, 0.25) is 0 Å². The molecule has 5 rings (SSSR count). The Kier molecular flexibility index (Phi) is 4.48. The molecule has 150 valence electrons. The number of halogens is 1. The van der Waals surface area contributed by atoms with Crippen molar-refractivity contribution in [2.24, 2.45) is 0 Å². The summed E-state index contributed by atoms with van der Waals surface area (Å²) in [7, 11) is 0. The fourth-order valence-corrected chi connectivity index (χ4v) is 4.80. The number of carbonyl (C=O) groups is 2. The van der Waals surface area contributed by atoms with Crippen LogP contribution in [0.15, 0.2) is 60.7 Å². The van der Waals surface area contributed by atoms with E-state index >= 15 is 0 Å². The van der Waals surface area contributed by atoms with Gasteiger partial charge in [-0.3, -0.25) is 9.59 Å². The van der Waals surface area contributed by atoms with E-state index in [1.165, 1.54) is 0 Å². The van der Waals surface area contributed by atoms with Crippen molar-refractivity contribution in [1.82, 2.24) is 9.47 Å². The molecule has 0 saturated heterocycles. The summed E-state index contributed by atoms with van der Waals surface area (Å²) in [4.78, 5) is 26.7. The molecule has 1 N–H and O–H groups in total. The zero-order chi connectivity index (χ0) is 20.8. The van der Waals surface area contributed by atoms with Crippen LogP contribution in [0.3, 0.4) is 0 Å². The Balaban J connectivity index is 1.58. The zero-order valence-corrected chi connectivity index (χ0v) is 16.9. The number of hydrogen-bond acceptors (Lipinski definition) is 2. The number of aliphatic carboxylic acids is 1. The first kappa shape index (κ1) is 18.7. The summed E-state index contributed by atoms with van der Waals surface area (Å²) in [5, 5.41) is 12.8. The van der Waals surface area contributed by atoms with Crippen LogP contribution in [0.5, 0.6) is 0 Å². The van der Waals surface area contributed by atoms with Crippen LogP contribution in [0.4, 0.5) is 0 Å². The average molecular weight is 419 g/mol. The smallest absolute Gasteiger partial charge is 0.323 e. The topological polar surface area (TPSA) is 62.5 Å². The summed E-state index contributed by atoms with van der Waals surface area (Å²) < 4.78 is 1.79. The van der Waals surface area contributed by atoms with E-state index in [2.05, 4.69) is 0 Å². The normalized spacial score (nSPS) is 13.6. The quantitative estimate of drug-likeness (QED) is 0.523. The highest BCUT2D eigenvalue weighted by Gasteiger charge is 2.29. The summed E-state index contributed by atoms with van der Waals surface area (Å²) >= 11 is 6.43. The Morgan fingerprint density at radius 3 is 2.53 bits per heavy atom. The van der Waals surface area contributed by atoms with Crippen LogP contribution in [0.2, 0.25) is 5.02 Å². The molecular formula is C24H19ClN2O3. The number of carboxylic acid groups (broad SMARTS) is 1. The minimum atomic E-state index is -0.913. The fourth-order valence-electron chi connectivity index (χ4n) is 4.52. The van der Waals surface area contributed by atoms with Crippen LogP contribution in [0.25, 0.3) is 21.7 Å². The summed E-state index contributed by atoms with van der Waals surface area (Å²) in [5.41, 5.74) is 3.34. The Hall–Kier alpha value is -3.31. The molecule has 1 amide bonds. The fraction of sp³-hybridized carbons (Fsp3) is 0.167. The summed E-state index contributed by atoms with van der Waals surface area (Å²) in [6.45, 7) is 0.816. The van der Waals surface area contributed by atoms with Gasteiger partial charge in [0.25, 0.3) is 5.91 Å². The van der Waals surface area contributed by atoms with Crippen LogP contribution < -0.4 is 0 Å². The maximum Gasteiger partial charge on any atom is 0.323 e. The lowest BCUT2D eigenvalue weighted by molar-refractivity contribution is -0.137. The van der Waals surface area contributed by atoms with Crippen molar-refractivity contribution in [3.05, 3.63) is 82.5 Å². The molecule has 1 aliphatic heterocycles. The molecule has 0 fully saturated rings. The third-order valence-corrected chi connectivity index (χ3v) is 6.13. The summed E-state index contributed by atoms with van der Waals surface area (Å²) in [6.07, 6.45) is 0.587. The minimum Gasteiger partial charge on any atom is -0.480 e. The predicted octanol–water partition coefficient (Wildman–Crippen LogP) is 4.73. The molecule has 0 atom stereocenters. The molecule has 1 aliphatic rings. The highest BCUT2D eigenvalue weighted by atomic mass is 35.5. The number of carboxylic acids is 1. The van der Waals surface area contributed by atoms with Gasteiger partial charge in [-0.1, -0.05) is 60.1 Å². The van der Waals surface area contributed by atoms with Crippen molar-refractivity contribution < 1.29 is 14.7 Å². The van der Waals surface area contributed by atoms with Crippen LogP contribution >= 0.6 is 11.6 Å². The van der Waals surface area contributed by atoms with Crippen molar-refractivity contribution in [2.75, 3.05) is 6.54 Å². The second kappa shape index (κ2) is 7.18. The van der Waals surface area contributed by atoms with Gasteiger partial charge in [0.15, 0.2) is 0 Å². The van der Waals surface area contributed by atoms with Gasteiger partial charge < -0.3 is 14.6 Å². The number of fused-ring (bicyclic) bond motifs is 4. The molecule has 5 nitrogen and oxygen atoms in total. The Bertz CT molecular complexity index is 1320. The highest BCUT2D eigenvalue weighted by molar-refractivity contribution is 6.35. The monoisotopic (exact) mass is 418 g/mol. The number of aromatic nitrogens is 1. The van der Waals surface area contributed by atoms with Crippen molar-refractivity contribution in [3.8, 4) is 0 Å². The van der Waals surface area contributed by atoms with E-state index in [9.17, 15) is 14.7 Å². The molecule has 6 heteroatoms. The van der Waals surface area contributed by atoms with Crippen LogP contribution in [-0.2, 0) is 24.3 Å². The standard InChI is InChI=1S/C24H19ClN2O3/c25-20-10-4-8-17-19-13-26(12-11-21(19)27(23(17)20)14-22(28)29)24(30)18-9-3-6-15-5-1-2-7-16(15)18/h1-10H,11-14H2,(H,28,29). The van der Waals surface area contributed by atoms with Crippen LogP contribution in [-0.4, -0.2) is 33.0 Å². The predicted molar refractivity (Wildman–Crippen MR) is 117 cm³/mol. The average Bonchev–Trinajstić information content (AvgIpc) is 3.06. The van der Waals surface area contributed by atoms with Gasteiger partial charge in [-0.2, -0.15) is 0 Å². The van der Waals surface area contributed by atoms with Gasteiger partial charge in [-0.15, -0.1) is 0 Å². The maximum absolute atomic E-state index is 13.4. The molecule has 0 saturated carbocycles. The van der Waals surface area contributed by atoms with E-state index in [0.717, 1.165) is 32.9 Å². The lowest BCUT2D eigenvalue weighted by Crippen LogP contribution is -2.36. The number of benzene rings is 3. The van der Waals surface area contributed by atoms with E-state index < -0.39 is 5.97 Å². The van der Waals surface area contributed by atoms with Crippen LogP contribution in [0.1, 0.15) is 21.6 Å². The Morgan fingerprint density at radius 2 is 1.70 bits per heavy atom. The van der Waals surface area contributed by atoms with Gasteiger partial charge >= 0.3 is 5.97 Å². The molecule has 30 heavy (non-hydrogen) atoms. The summed E-state index contributed by atoms with van der Waals surface area (Å²) in [5.74, 6) is -0.928. The number of hydrogen-bond donors (Lipinski definition) is 1. The van der Waals surface area contributed by atoms with Gasteiger partial charge in [0, 0.05) is 41.7 Å². The third kappa shape index (κ3) is 2.94. The largest absolute Gasteiger partial charge is 0.480 e. The maximum atomic E-state index is 13.4. The molecular weight excluding hydrogens is 400 g/mol. The molecule has 2 heterocycles. The molecule has 0 spiro atoms. The van der Waals surface area contributed by atoms with Crippen molar-refractivity contribution in [1.29, 1.82) is 0 Å². The number of nitrogens with zero attached hydrogens (tertiary/aromatic N) is 2. The second-order valence-corrected chi connectivity index (χ2v) is 7.95. The molecule has 0 bridgehead atoms. The van der Waals surface area contributed by atoms with E-state index in [4.69, 9.17) is 11.6 Å². The first-order valence-corrected chi connectivity index (χ1v) is 10.2.